The first-order valence-electron chi connectivity index (χ1n) is 4.74. The molecule has 1 aliphatic heterocycles. The molecule has 1 aliphatic carbocycles. The number of hydrogen-bond acceptors (Lipinski definition) is 1. The molecule has 0 saturated heterocycles. The third-order valence-corrected chi connectivity index (χ3v) is 4.06. The smallest absolute Gasteiger partial charge is 0.255 e. The number of amides is 1. The fraction of sp³-hybridized carbons (Fsp3) is 0.364. The van der Waals surface area contributed by atoms with Gasteiger partial charge in [0.1, 0.15) is 0 Å². The largest absolute Gasteiger partial charge is 0.332 e. The van der Waals surface area contributed by atoms with Crippen LogP contribution in [0.4, 0.5) is 0 Å². The third kappa shape index (κ3) is 0.793. The van der Waals surface area contributed by atoms with Crippen LogP contribution in [0, 0.1) is 0 Å². The standard InChI is InChI=1S/C11H10BrNO/c1-13-10(14)9-7(11(13)5-6-11)3-2-4-8(9)12/h2-4H,5-6H2,1H3. The molecule has 1 amide bonds. The summed E-state index contributed by atoms with van der Waals surface area (Å²) in [6.07, 6.45) is 2.22. The zero-order chi connectivity index (χ0) is 9.92. The van der Waals surface area contributed by atoms with Gasteiger partial charge in [-0.1, -0.05) is 12.1 Å². The van der Waals surface area contributed by atoms with E-state index in [0.717, 1.165) is 22.9 Å². The average molecular weight is 252 g/mol. The molecule has 1 fully saturated rings. The second kappa shape index (κ2) is 2.40. The summed E-state index contributed by atoms with van der Waals surface area (Å²) in [4.78, 5) is 13.9. The lowest BCUT2D eigenvalue weighted by Crippen LogP contribution is -2.28. The summed E-state index contributed by atoms with van der Waals surface area (Å²) in [5.74, 6) is 0.157. The molecule has 1 saturated carbocycles. The Morgan fingerprint density at radius 2 is 2.14 bits per heavy atom. The quantitative estimate of drug-likeness (QED) is 0.694. The van der Waals surface area contributed by atoms with Crippen LogP contribution in [-0.2, 0) is 5.54 Å². The lowest BCUT2D eigenvalue weighted by molar-refractivity contribution is 0.0755. The molecular formula is C11H10BrNO. The van der Waals surface area contributed by atoms with Crippen LogP contribution in [0.25, 0.3) is 0 Å². The maximum Gasteiger partial charge on any atom is 0.255 e. The molecule has 2 aliphatic rings. The molecule has 0 radical (unpaired) electrons. The molecule has 1 spiro atoms. The van der Waals surface area contributed by atoms with Gasteiger partial charge in [0, 0.05) is 11.5 Å². The Kier molecular flexibility index (Phi) is 1.45. The number of hydrogen-bond donors (Lipinski definition) is 0. The third-order valence-electron chi connectivity index (χ3n) is 3.40. The van der Waals surface area contributed by atoms with Crippen molar-refractivity contribution in [3.63, 3.8) is 0 Å². The maximum atomic E-state index is 12.0. The predicted molar refractivity (Wildman–Crippen MR) is 57.1 cm³/mol. The van der Waals surface area contributed by atoms with Gasteiger partial charge >= 0.3 is 0 Å². The predicted octanol–water partition coefficient (Wildman–Crippen LogP) is 2.52. The van der Waals surface area contributed by atoms with Gasteiger partial charge in [0.15, 0.2) is 0 Å². The van der Waals surface area contributed by atoms with Gasteiger partial charge in [-0.25, -0.2) is 0 Å². The average Bonchev–Trinajstić information content (AvgIpc) is 2.92. The highest BCUT2D eigenvalue weighted by atomic mass is 79.9. The molecule has 3 rings (SSSR count). The first kappa shape index (κ1) is 8.48. The monoisotopic (exact) mass is 251 g/mol. The number of nitrogens with zero attached hydrogens (tertiary/aromatic N) is 1. The Labute approximate surface area is 91.0 Å². The number of halogens is 1. The molecule has 2 nitrogen and oxygen atoms in total. The zero-order valence-electron chi connectivity index (χ0n) is 7.88. The van der Waals surface area contributed by atoms with Crippen molar-refractivity contribution >= 4 is 21.8 Å². The maximum absolute atomic E-state index is 12.0. The van der Waals surface area contributed by atoms with Crippen LogP contribution < -0.4 is 0 Å². The van der Waals surface area contributed by atoms with Crippen LogP contribution in [0.15, 0.2) is 22.7 Å². The summed E-state index contributed by atoms with van der Waals surface area (Å²) in [5, 5.41) is 0. The number of carbonyl (C=O) groups is 1. The van der Waals surface area contributed by atoms with Gasteiger partial charge in [0.05, 0.1) is 11.1 Å². The van der Waals surface area contributed by atoms with E-state index in [1.165, 1.54) is 5.56 Å². The minimum absolute atomic E-state index is 0.0518. The molecule has 1 aromatic carbocycles. The molecule has 1 aromatic rings. The summed E-state index contributed by atoms with van der Waals surface area (Å²) in [7, 11) is 1.90. The molecular weight excluding hydrogens is 242 g/mol. The van der Waals surface area contributed by atoms with Crippen molar-refractivity contribution in [1.82, 2.24) is 4.90 Å². The molecule has 0 aromatic heterocycles. The van der Waals surface area contributed by atoms with Crippen LogP contribution >= 0.6 is 15.9 Å². The van der Waals surface area contributed by atoms with Crippen LogP contribution in [0.5, 0.6) is 0 Å². The molecule has 0 bridgehead atoms. The molecule has 72 valence electrons. The van der Waals surface area contributed by atoms with Crippen LogP contribution in [-0.4, -0.2) is 17.9 Å². The first-order valence-corrected chi connectivity index (χ1v) is 5.53. The lowest BCUT2D eigenvalue weighted by Gasteiger charge is -2.18. The van der Waals surface area contributed by atoms with E-state index < -0.39 is 0 Å². The first-order chi connectivity index (χ1) is 6.67. The molecule has 0 unspecified atom stereocenters. The number of benzene rings is 1. The van der Waals surface area contributed by atoms with E-state index in [4.69, 9.17) is 0 Å². The minimum Gasteiger partial charge on any atom is -0.332 e. The second-order valence-corrected chi connectivity index (χ2v) is 4.91. The van der Waals surface area contributed by atoms with E-state index in [1.54, 1.807) is 0 Å². The number of rotatable bonds is 0. The molecule has 0 N–H and O–H groups in total. The van der Waals surface area contributed by atoms with Gasteiger partial charge in [0.25, 0.3) is 5.91 Å². The minimum atomic E-state index is 0.0518. The van der Waals surface area contributed by atoms with Crippen LogP contribution in [0.3, 0.4) is 0 Å². The van der Waals surface area contributed by atoms with E-state index in [9.17, 15) is 4.79 Å². The lowest BCUT2D eigenvalue weighted by atomic mass is 10.0. The number of carbonyl (C=O) groups excluding carboxylic acids is 1. The van der Waals surface area contributed by atoms with Crippen molar-refractivity contribution in [2.24, 2.45) is 0 Å². The van der Waals surface area contributed by atoms with Crippen molar-refractivity contribution in [3.8, 4) is 0 Å². The van der Waals surface area contributed by atoms with Crippen molar-refractivity contribution in [1.29, 1.82) is 0 Å². The zero-order valence-corrected chi connectivity index (χ0v) is 9.47. The van der Waals surface area contributed by atoms with Crippen molar-refractivity contribution < 1.29 is 4.79 Å². The van der Waals surface area contributed by atoms with Crippen LogP contribution in [0.2, 0.25) is 0 Å². The fourth-order valence-corrected chi connectivity index (χ4v) is 2.93. The Morgan fingerprint density at radius 1 is 1.43 bits per heavy atom. The van der Waals surface area contributed by atoms with E-state index in [-0.39, 0.29) is 11.4 Å². The van der Waals surface area contributed by atoms with Gasteiger partial charge < -0.3 is 4.90 Å². The van der Waals surface area contributed by atoms with Crippen molar-refractivity contribution in [2.75, 3.05) is 7.05 Å². The SMILES string of the molecule is CN1C(=O)c2c(Br)cccc2C12CC2. The Bertz CT molecular complexity index is 437. The van der Waals surface area contributed by atoms with E-state index in [1.807, 2.05) is 24.1 Å². The molecule has 3 heteroatoms. The highest BCUT2D eigenvalue weighted by Gasteiger charge is 2.56. The topological polar surface area (TPSA) is 20.3 Å². The summed E-state index contributed by atoms with van der Waals surface area (Å²) in [6, 6.07) is 6.02. The van der Waals surface area contributed by atoms with Crippen molar-refractivity contribution in [3.05, 3.63) is 33.8 Å². The second-order valence-electron chi connectivity index (χ2n) is 4.06. The van der Waals surface area contributed by atoms with Crippen LogP contribution in [0.1, 0.15) is 28.8 Å². The fourth-order valence-electron chi connectivity index (χ4n) is 2.40. The molecule has 1 heterocycles. The normalized spacial score (nSPS) is 21.6. The van der Waals surface area contributed by atoms with Gasteiger partial charge in [-0.05, 0) is 40.4 Å². The Hall–Kier alpha value is -0.830. The highest BCUT2D eigenvalue weighted by molar-refractivity contribution is 9.10. The summed E-state index contributed by atoms with van der Waals surface area (Å²) < 4.78 is 0.927. The van der Waals surface area contributed by atoms with Gasteiger partial charge in [0.2, 0.25) is 0 Å². The summed E-state index contributed by atoms with van der Waals surface area (Å²) >= 11 is 3.45. The Balaban J connectivity index is 2.31. The van der Waals surface area contributed by atoms with E-state index >= 15 is 0 Å². The molecule has 0 atom stereocenters. The highest BCUT2D eigenvalue weighted by Crippen LogP contribution is 2.56. The summed E-state index contributed by atoms with van der Waals surface area (Å²) in [5.41, 5.74) is 2.13. The number of fused-ring (bicyclic) bond motifs is 2. The van der Waals surface area contributed by atoms with Gasteiger partial charge in [-0.15, -0.1) is 0 Å². The van der Waals surface area contributed by atoms with Gasteiger partial charge in [-0.2, -0.15) is 0 Å². The molecule has 14 heavy (non-hydrogen) atoms. The summed E-state index contributed by atoms with van der Waals surface area (Å²) in [6.45, 7) is 0. The van der Waals surface area contributed by atoms with Crippen molar-refractivity contribution in [2.45, 2.75) is 18.4 Å². The van der Waals surface area contributed by atoms with Gasteiger partial charge in [-0.3, -0.25) is 4.79 Å². The van der Waals surface area contributed by atoms with E-state index in [0.29, 0.717) is 0 Å². The Morgan fingerprint density at radius 3 is 2.79 bits per heavy atom. The van der Waals surface area contributed by atoms with E-state index in [2.05, 4.69) is 22.0 Å².